The Kier molecular flexibility index (Phi) is 4.92. The Morgan fingerprint density at radius 1 is 1.25 bits per heavy atom. The molecule has 2 amide bonds. The van der Waals surface area contributed by atoms with E-state index in [9.17, 15) is 9.59 Å². The maximum Gasteiger partial charge on any atom is 0.248 e. The summed E-state index contributed by atoms with van der Waals surface area (Å²) in [6, 6.07) is 0.280. The normalized spacial score (nSPS) is 30.8. The zero-order chi connectivity index (χ0) is 17.2. The van der Waals surface area contributed by atoms with E-state index < -0.39 is 5.54 Å². The van der Waals surface area contributed by atoms with Crippen molar-refractivity contribution in [1.29, 1.82) is 0 Å². The number of hydrogen-bond donors (Lipinski definition) is 1. The highest BCUT2D eigenvalue weighted by atomic mass is 16.2. The molecule has 0 radical (unpaired) electrons. The third kappa shape index (κ3) is 3.47. The smallest absolute Gasteiger partial charge is 0.248 e. The van der Waals surface area contributed by atoms with Crippen LogP contribution in [0.4, 0.5) is 0 Å². The van der Waals surface area contributed by atoms with E-state index in [1.165, 1.54) is 6.92 Å². The van der Waals surface area contributed by atoms with Crippen LogP contribution in [-0.2, 0) is 9.59 Å². The minimum absolute atomic E-state index is 0.106. The molecule has 3 rings (SSSR count). The molecular formula is C18H28N4O2. The molecule has 0 aromatic carbocycles. The highest BCUT2D eigenvalue weighted by Gasteiger charge is 2.44. The summed E-state index contributed by atoms with van der Waals surface area (Å²) in [4.78, 5) is 31.1. The fourth-order valence-electron chi connectivity index (χ4n) is 4.15. The molecule has 1 saturated heterocycles. The van der Waals surface area contributed by atoms with Gasteiger partial charge in [-0.2, -0.15) is 0 Å². The fourth-order valence-corrected chi connectivity index (χ4v) is 4.15. The molecular weight excluding hydrogens is 304 g/mol. The summed E-state index contributed by atoms with van der Waals surface area (Å²) < 4.78 is 2.09. The molecule has 1 aliphatic heterocycles. The summed E-state index contributed by atoms with van der Waals surface area (Å²) in [6.45, 7) is 5.21. The lowest BCUT2D eigenvalue weighted by molar-refractivity contribution is -0.145. The first-order valence-corrected chi connectivity index (χ1v) is 9.06. The third-order valence-corrected chi connectivity index (χ3v) is 5.58. The van der Waals surface area contributed by atoms with Gasteiger partial charge >= 0.3 is 0 Å². The van der Waals surface area contributed by atoms with Crippen molar-refractivity contribution >= 4 is 11.8 Å². The molecule has 6 heteroatoms. The van der Waals surface area contributed by atoms with Crippen LogP contribution < -0.4 is 5.32 Å². The van der Waals surface area contributed by atoms with Gasteiger partial charge in [-0.1, -0.05) is 6.92 Å². The molecule has 1 aromatic heterocycles. The van der Waals surface area contributed by atoms with Gasteiger partial charge in [0.1, 0.15) is 5.54 Å². The molecule has 1 aromatic rings. The van der Waals surface area contributed by atoms with Gasteiger partial charge in [-0.3, -0.25) is 9.59 Å². The minimum Gasteiger partial charge on any atom is -0.342 e. The number of piperidine rings is 1. The van der Waals surface area contributed by atoms with Crippen molar-refractivity contribution in [1.82, 2.24) is 19.8 Å². The summed E-state index contributed by atoms with van der Waals surface area (Å²) in [5.74, 6) is 0.621. The molecule has 1 N–H and O–H groups in total. The number of carbonyl (C=O) groups excluding carboxylic acids is 2. The van der Waals surface area contributed by atoms with E-state index in [1.807, 2.05) is 17.4 Å². The number of hydrogen-bond acceptors (Lipinski definition) is 3. The summed E-state index contributed by atoms with van der Waals surface area (Å²) >= 11 is 0. The lowest BCUT2D eigenvalue weighted by Crippen LogP contribution is -2.61. The standard InChI is InChI=1S/C18H28N4O2/c1-14-5-7-18(8-6-14,20-15(2)23)17(24)21-10-3-4-16(12-21)22-11-9-19-13-22/h9,11,13-14,16H,3-8,10,12H2,1-2H3,(H,20,23)/t14?,16-,18?/m0/s1. The number of nitrogens with one attached hydrogen (secondary N) is 1. The van der Waals surface area contributed by atoms with Crippen molar-refractivity contribution in [2.75, 3.05) is 13.1 Å². The van der Waals surface area contributed by atoms with E-state index in [1.54, 1.807) is 6.20 Å². The number of rotatable bonds is 3. The Hall–Kier alpha value is -1.85. The van der Waals surface area contributed by atoms with Crippen LogP contribution in [0.5, 0.6) is 0 Å². The van der Waals surface area contributed by atoms with Crippen molar-refractivity contribution in [3.05, 3.63) is 18.7 Å². The molecule has 1 atom stereocenters. The third-order valence-electron chi connectivity index (χ3n) is 5.58. The molecule has 24 heavy (non-hydrogen) atoms. The van der Waals surface area contributed by atoms with Crippen LogP contribution in [0.2, 0.25) is 0 Å². The Balaban J connectivity index is 1.75. The second-order valence-corrected chi connectivity index (χ2v) is 7.50. The molecule has 2 fully saturated rings. The van der Waals surface area contributed by atoms with Crippen molar-refractivity contribution in [3.63, 3.8) is 0 Å². The fraction of sp³-hybridized carbons (Fsp3) is 0.722. The highest BCUT2D eigenvalue weighted by Crippen LogP contribution is 2.35. The zero-order valence-electron chi connectivity index (χ0n) is 14.7. The molecule has 0 spiro atoms. The van der Waals surface area contributed by atoms with Crippen LogP contribution in [0.1, 0.15) is 58.4 Å². The number of aromatic nitrogens is 2. The van der Waals surface area contributed by atoms with Gasteiger partial charge in [-0.05, 0) is 44.4 Å². The van der Waals surface area contributed by atoms with E-state index in [0.717, 1.165) is 45.1 Å². The van der Waals surface area contributed by atoms with Gasteiger partial charge in [0.25, 0.3) is 0 Å². The first-order valence-electron chi connectivity index (χ1n) is 9.06. The summed E-state index contributed by atoms with van der Waals surface area (Å²) in [7, 11) is 0. The van der Waals surface area contributed by atoms with Crippen molar-refractivity contribution < 1.29 is 9.59 Å². The topological polar surface area (TPSA) is 67.2 Å². The van der Waals surface area contributed by atoms with E-state index in [2.05, 4.69) is 21.8 Å². The van der Waals surface area contributed by atoms with Gasteiger partial charge in [-0.25, -0.2) is 4.98 Å². The van der Waals surface area contributed by atoms with Crippen LogP contribution >= 0.6 is 0 Å². The Morgan fingerprint density at radius 2 is 2.00 bits per heavy atom. The maximum absolute atomic E-state index is 13.3. The van der Waals surface area contributed by atoms with E-state index in [-0.39, 0.29) is 17.9 Å². The molecule has 1 aliphatic carbocycles. The first-order chi connectivity index (χ1) is 11.5. The van der Waals surface area contributed by atoms with Gasteiger partial charge in [0.15, 0.2) is 0 Å². The van der Waals surface area contributed by atoms with Gasteiger partial charge in [0, 0.05) is 32.4 Å². The predicted molar refractivity (Wildman–Crippen MR) is 91.3 cm³/mol. The van der Waals surface area contributed by atoms with Crippen LogP contribution in [0.15, 0.2) is 18.7 Å². The average molecular weight is 332 g/mol. The maximum atomic E-state index is 13.3. The van der Waals surface area contributed by atoms with Crippen molar-refractivity contribution in [2.24, 2.45) is 5.92 Å². The summed E-state index contributed by atoms with van der Waals surface area (Å²) in [5.41, 5.74) is -0.699. The van der Waals surface area contributed by atoms with Crippen LogP contribution in [0.25, 0.3) is 0 Å². The largest absolute Gasteiger partial charge is 0.342 e. The quantitative estimate of drug-likeness (QED) is 0.922. The molecule has 0 unspecified atom stereocenters. The monoisotopic (exact) mass is 332 g/mol. The molecule has 1 saturated carbocycles. The van der Waals surface area contributed by atoms with Gasteiger partial charge in [0.2, 0.25) is 11.8 Å². The van der Waals surface area contributed by atoms with Crippen LogP contribution in [-0.4, -0.2) is 44.9 Å². The van der Waals surface area contributed by atoms with Gasteiger partial charge in [0.05, 0.1) is 12.4 Å². The molecule has 6 nitrogen and oxygen atoms in total. The van der Waals surface area contributed by atoms with Gasteiger partial charge < -0.3 is 14.8 Å². The predicted octanol–water partition coefficient (Wildman–Crippen LogP) is 2.13. The van der Waals surface area contributed by atoms with Gasteiger partial charge in [-0.15, -0.1) is 0 Å². The van der Waals surface area contributed by atoms with Crippen molar-refractivity contribution in [3.8, 4) is 0 Å². The first kappa shape index (κ1) is 17.0. The molecule has 2 heterocycles. The van der Waals surface area contributed by atoms with E-state index in [4.69, 9.17) is 0 Å². The Bertz CT molecular complexity index is 576. The number of amides is 2. The summed E-state index contributed by atoms with van der Waals surface area (Å²) in [5, 5.41) is 3.01. The lowest BCUT2D eigenvalue weighted by atomic mass is 9.76. The van der Waals surface area contributed by atoms with Crippen molar-refractivity contribution in [2.45, 2.75) is 64.0 Å². The van der Waals surface area contributed by atoms with E-state index in [0.29, 0.717) is 12.5 Å². The second-order valence-electron chi connectivity index (χ2n) is 7.50. The number of imidazole rings is 1. The zero-order valence-corrected chi connectivity index (χ0v) is 14.7. The van der Waals surface area contributed by atoms with Crippen LogP contribution in [0.3, 0.4) is 0 Å². The average Bonchev–Trinajstić information content (AvgIpc) is 3.11. The lowest BCUT2D eigenvalue weighted by Gasteiger charge is -2.44. The second kappa shape index (κ2) is 6.95. The highest BCUT2D eigenvalue weighted by molar-refractivity contribution is 5.91. The Labute approximate surface area is 143 Å². The van der Waals surface area contributed by atoms with E-state index >= 15 is 0 Å². The summed E-state index contributed by atoms with van der Waals surface area (Å²) in [6.07, 6.45) is 11.1. The number of carbonyl (C=O) groups is 2. The SMILES string of the molecule is CC(=O)NC1(C(=O)N2CCC[C@H](n3ccnc3)C2)CCC(C)CC1. The number of likely N-dealkylation sites (tertiary alicyclic amines) is 1. The molecule has 2 aliphatic rings. The minimum atomic E-state index is -0.699. The molecule has 132 valence electrons. The Morgan fingerprint density at radius 3 is 2.62 bits per heavy atom. The number of nitrogens with zero attached hydrogens (tertiary/aromatic N) is 3. The molecule has 0 bridgehead atoms. The van der Waals surface area contributed by atoms with Crippen LogP contribution in [0, 0.1) is 5.92 Å².